The van der Waals surface area contributed by atoms with Gasteiger partial charge in [0.2, 0.25) is 0 Å². The standard InChI is InChI=1S/C13H17BrN2O4/c1-5-19-11(17)9-6-8(14)7-10(15-9)16-12(18)20-13(2,3)4/h6-7H,5H2,1-4H3,(H,15,16,18). The zero-order valence-electron chi connectivity index (χ0n) is 11.8. The lowest BCUT2D eigenvalue weighted by atomic mass is 10.2. The van der Waals surface area contributed by atoms with E-state index in [1.807, 2.05) is 0 Å². The number of amides is 1. The Morgan fingerprint density at radius 1 is 1.35 bits per heavy atom. The van der Waals surface area contributed by atoms with Gasteiger partial charge in [0.15, 0.2) is 5.69 Å². The van der Waals surface area contributed by atoms with Crippen molar-refractivity contribution in [3.63, 3.8) is 0 Å². The molecule has 7 heteroatoms. The van der Waals surface area contributed by atoms with E-state index in [4.69, 9.17) is 9.47 Å². The fourth-order valence-electron chi connectivity index (χ4n) is 1.28. The second kappa shape index (κ2) is 6.69. The number of halogens is 1. The molecule has 0 aromatic carbocycles. The van der Waals surface area contributed by atoms with Gasteiger partial charge in [-0.2, -0.15) is 0 Å². The van der Waals surface area contributed by atoms with Crippen LogP contribution in [0.2, 0.25) is 0 Å². The van der Waals surface area contributed by atoms with Crippen LogP contribution in [0.15, 0.2) is 16.6 Å². The van der Waals surface area contributed by atoms with Crippen molar-refractivity contribution in [1.29, 1.82) is 0 Å². The molecule has 0 bridgehead atoms. The predicted molar refractivity (Wildman–Crippen MR) is 77.8 cm³/mol. The second-order valence-corrected chi connectivity index (χ2v) is 5.82. The van der Waals surface area contributed by atoms with E-state index >= 15 is 0 Å². The van der Waals surface area contributed by atoms with Crippen molar-refractivity contribution in [2.24, 2.45) is 0 Å². The van der Waals surface area contributed by atoms with Gasteiger partial charge in [-0.25, -0.2) is 14.6 Å². The number of esters is 1. The molecule has 6 nitrogen and oxygen atoms in total. The number of carbonyl (C=O) groups is 2. The van der Waals surface area contributed by atoms with E-state index < -0.39 is 17.7 Å². The van der Waals surface area contributed by atoms with Crippen molar-refractivity contribution in [2.45, 2.75) is 33.3 Å². The summed E-state index contributed by atoms with van der Waals surface area (Å²) < 4.78 is 10.6. The maximum Gasteiger partial charge on any atom is 0.413 e. The molecule has 0 spiro atoms. The summed E-state index contributed by atoms with van der Waals surface area (Å²) >= 11 is 3.24. The van der Waals surface area contributed by atoms with Crippen LogP contribution in [0.5, 0.6) is 0 Å². The highest BCUT2D eigenvalue weighted by Gasteiger charge is 2.18. The average molecular weight is 345 g/mol. The van der Waals surface area contributed by atoms with Gasteiger partial charge in [0, 0.05) is 4.47 Å². The van der Waals surface area contributed by atoms with E-state index in [1.165, 1.54) is 6.07 Å². The lowest BCUT2D eigenvalue weighted by molar-refractivity contribution is 0.0517. The number of anilines is 1. The molecule has 1 amide bonds. The monoisotopic (exact) mass is 344 g/mol. The molecule has 1 heterocycles. The number of aromatic nitrogens is 1. The molecule has 1 N–H and O–H groups in total. The maximum atomic E-state index is 11.6. The van der Waals surface area contributed by atoms with Crippen molar-refractivity contribution in [2.75, 3.05) is 11.9 Å². The van der Waals surface area contributed by atoms with Gasteiger partial charge in [0.25, 0.3) is 0 Å². The minimum Gasteiger partial charge on any atom is -0.461 e. The summed E-state index contributed by atoms with van der Waals surface area (Å²) in [6, 6.07) is 3.07. The first-order valence-corrected chi connectivity index (χ1v) is 6.85. The molecular weight excluding hydrogens is 328 g/mol. The molecule has 0 fully saturated rings. The number of hydrogen-bond acceptors (Lipinski definition) is 5. The lowest BCUT2D eigenvalue weighted by Gasteiger charge is -2.19. The summed E-state index contributed by atoms with van der Waals surface area (Å²) in [7, 11) is 0. The van der Waals surface area contributed by atoms with Crippen LogP contribution in [0.1, 0.15) is 38.2 Å². The lowest BCUT2D eigenvalue weighted by Crippen LogP contribution is -2.27. The molecule has 20 heavy (non-hydrogen) atoms. The summed E-state index contributed by atoms with van der Waals surface area (Å²) in [5, 5.41) is 2.47. The smallest absolute Gasteiger partial charge is 0.413 e. The molecule has 110 valence electrons. The van der Waals surface area contributed by atoms with Crippen LogP contribution >= 0.6 is 15.9 Å². The maximum absolute atomic E-state index is 11.6. The predicted octanol–water partition coefficient (Wildman–Crippen LogP) is 3.37. The molecule has 0 aliphatic rings. The molecule has 1 rings (SSSR count). The molecule has 0 unspecified atom stereocenters. The topological polar surface area (TPSA) is 77.5 Å². The molecule has 1 aromatic heterocycles. The SMILES string of the molecule is CCOC(=O)c1cc(Br)cc(NC(=O)OC(C)(C)C)n1. The quantitative estimate of drug-likeness (QED) is 0.850. The Balaban J connectivity index is 2.86. The molecule has 0 saturated heterocycles. The minimum absolute atomic E-state index is 0.104. The van der Waals surface area contributed by atoms with Crippen LogP contribution in [-0.2, 0) is 9.47 Å². The minimum atomic E-state index is -0.641. The third kappa shape index (κ3) is 5.56. The number of nitrogens with zero attached hydrogens (tertiary/aromatic N) is 1. The first kappa shape index (κ1) is 16.4. The highest BCUT2D eigenvalue weighted by atomic mass is 79.9. The zero-order chi connectivity index (χ0) is 15.3. The van der Waals surface area contributed by atoms with E-state index in [9.17, 15) is 9.59 Å². The van der Waals surface area contributed by atoms with Crippen molar-refractivity contribution >= 4 is 33.8 Å². The number of hydrogen-bond donors (Lipinski definition) is 1. The Hall–Kier alpha value is -1.63. The second-order valence-electron chi connectivity index (χ2n) is 4.90. The molecule has 1 aromatic rings. The summed E-state index contributed by atoms with van der Waals surface area (Å²) in [6.45, 7) is 7.22. The van der Waals surface area contributed by atoms with Crippen LogP contribution in [-0.4, -0.2) is 29.3 Å². The third-order valence-electron chi connectivity index (χ3n) is 1.90. The summed E-state index contributed by atoms with van der Waals surface area (Å²) in [6.07, 6.45) is -0.641. The Bertz CT molecular complexity index is 512. The zero-order valence-corrected chi connectivity index (χ0v) is 13.4. The Morgan fingerprint density at radius 2 is 2.00 bits per heavy atom. The van der Waals surface area contributed by atoms with E-state index in [-0.39, 0.29) is 18.1 Å². The van der Waals surface area contributed by atoms with Crippen LogP contribution in [0.25, 0.3) is 0 Å². The Labute approximate surface area is 126 Å². The van der Waals surface area contributed by atoms with Crippen LogP contribution < -0.4 is 5.32 Å². The van der Waals surface area contributed by atoms with Gasteiger partial charge in [-0.05, 0) is 39.8 Å². The van der Waals surface area contributed by atoms with Crippen LogP contribution in [0, 0.1) is 0 Å². The number of pyridine rings is 1. The molecule has 0 aliphatic carbocycles. The molecule has 0 radical (unpaired) electrons. The molecule has 0 aliphatic heterocycles. The van der Waals surface area contributed by atoms with Crippen LogP contribution in [0.4, 0.5) is 10.6 Å². The summed E-state index contributed by atoms with van der Waals surface area (Å²) in [5.74, 6) is -0.349. The van der Waals surface area contributed by atoms with Gasteiger partial charge in [0.1, 0.15) is 11.4 Å². The first-order valence-electron chi connectivity index (χ1n) is 6.06. The third-order valence-corrected chi connectivity index (χ3v) is 2.36. The molecule has 0 saturated carbocycles. The Morgan fingerprint density at radius 3 is 2.55 bits per heavy atom. The van der Waals surface area contributed by atoms with Crippen molar-refractivity contribution < 1.29 is 19.1 Å². The van der Waals surface area contributed by atoms with Gasteiger partial charge >= 0.3 is 12.1 Å². The first-order chi connectivity index (χ1) is 9.21. The van der Waals surface area contributed by atoms with E-state index in [0.29, 0.717) is 4.47 Å². The normalized spacial score (nSPS) is 10.8. The van der Waals surface area contributed by atoms with Crippen LogP contribution in [0.3, 0.4) is 0 Å². The largest absolute Gasteiger partial charge is 0.461 e. The molecule has 0 atom stereocenters. The average Bonchev–Trinajstić information content (AvgIpc) is 2.25. The summed E-state index contributed by atoms with van der Waals surface area (Å²) in [4.78, 5) is 27.3. The van der Waals surface area contributed by atoms with Gasteiger partial charge in [-0.3, -0.25) is 5.32 Å². The van der Waals surface area contributed by atoms with E-state index in [2.05, 4.69) is 26.2 Å². The summed E-state index contributed by atoms with van der Waals surface area (Å²) in [5.41, 5.74) is -0.507. The number of carbonyl (C=O) groups excluding carboxylic acids is 2. The fourth-order valence-corrected chi connectivity index (χ4v) is 1.71. The van der Waals surface area contributed by atoms with Gasteiger partial charge in [-0.1, -0.05) is 15.9 Å². The number of ether oxygens (including phenoxy) is 2. The van der Waals surface area contributed by atoms with Gasteiger partial charge < -0.3 is 9.47 Å². The van der Waals surface area contributed by atoms with Crippen molar-refractivity contribution in [3.05, 3.63) is 22.3 Å². The van der Waals surface area contributed by atoms with E-state index in [0.717, 1.165) is 0 Å². The van der Waals surface area contributed by atoms with Gasteiger partial charge in [0.05, 0.1) is 6.61 Å². The molecular formula is C13H17BrN2O4. The Kier molecular flexibility index (Phi) is 5.50. The van der Waals surface area contributed by atoms with E-state index in [1.54, 1.807) is 33.8 Å². The highest BCUT2D eigenvalue weighted by Crippen LogP contribution is 2.18. The van der Waals surface area contributed by atoms with Crippen molar-refractivity contribution in [3.8, 4) is 0 Å². The fraction of sp³-hybridized carbons (Fsp3) is 0.462. The highest BCUT2D eigenvalue weighted by molar-refractivity contribution is 9.10. The number of rotatable bonds is 3. The van der Waals surface area contributed by atoms with Gasteiger partial charge in [-0.15, -0.1) is 0 Å². The number of nitrogens with one attached hydrogen (secondary N) is 1. The van der Waals surface area contributed by atoms with Crippen molar-refractivity contribution in [1.82, 2.24) is 4.98 Å².